The van der Waals surface area contributed by atoms with Crippen molar-refractivity contribution in [2.24, 2.45) is 0 Å². The van der Waals surface area contributed by atoms with Gasteiger partial charge in [-0.2, -0.15) is 0 Å². The topological polar surface area (TPSA) is 12.0 Å². The Morgan fingerprint density at radius 2 is 2.00 bits per heavy atom. The molecule has 0 rings (SSSR count). The van der Waals surface area contributed by atoms with Gasteiger partial charge in [0.1, 0.15) is 0 Å². The van der Waals surface area contributed by atoms with Gasteiger partial charge >= 0.3 is 0 Å². The van der Waals surface area contributed by atoms with E-state index in [4.69, 9.17) is 0 Å². The van der Waals surface area contributed by atoms with Crippen LogP contribution in [-0.2, 0) is 0 Å². The zero-order valence-electron chi connectivity index (χ0n) is 8.56. The molecule has 0 radical (unpaired) electrons. The smallest absolute Gasteiger partial charge is 0.00142 e. The van der Waals surface area contributed by atoms with E-state index in [1.54, 1.807) is 0 Å². The van der Waals surface area contributed by atoms with Crippen molar-refractivity contribution in [3.63, 3.8) is 0 Å². The van der Waals surface area contributed by atoms with Gasteiger partial charge in [0.25, 0.3) is 0 Å². The fraction of sp³-hybridized carbons (Fsp3) is 0.636. The summed E-state index contributed by atoms with van der Waals surface area (Å²) in [6, 6.07) is 0. The van der Waals surface area contributed by atoms with Crippen LogP contribution in [0.5, 0.6) is 0 Å². The van der Waals surface area contributed by atoms with Crippen LogP contribution in [0.4, 0.5) is 0 Å². The van der Waals surface area contributed by atoms with Crippen LogP contribution in [0.3, 0.4) is 0 Å². The summed E-state index contributed by atoms with van der Waals surface area (Å²) in [6.45, 7) is 8.64. The van der Waals surface area contributed by atoms with Gasteiger partial charge in [-0.3, -0.25) is 0 Å². The largest absolute Gasteiger partial charge is 0.316 e. The predicted octanol–water partition coefficient (Wildman–Crippen LogP) is 2.90. The van der Waals surface area contributed by atoms with Crippen molar-refractivity contribution in [1.82, 2.24) is 5.32 Å². The molecular weight excluding hydrogens is 146 g/mol. The average Bonchev–Trinajstić information content (AvgIpc) is 2.02. The molecule has 1 nitrogen and oxygen atoms in total. The maximum atomic E-state index is 3.35. The Morgan fingerprint density at radius 1 is 1.25 bits per heavy atom. The van der Waals surface area contributed by atoms with Gasteiger partial charge in [0.15, 0.2) is 0 Å². The van der Waals surface area contributed by atoms with Crippen LogP contribution >= 0.6 is 0 Å². The molecule has 0 aliphatic carbocycles. The van der Waals surface area contributed by atoms with Gasteiger partial charge in [0.05, 0.1) is 0 Å². The molecule has 0 aromatic carbocycles. The highest BCUT2D eigenvalue weighted by Crippen LogP contribution is 1.90. The normalized spacial score (nSPS) is 10.6. The monoisotopic (exact) mass is 167 g/mol. The standard InChI is InChI=1S/C11H21N/c1-4-9-12-10-7-5-6-8-11(2)3/h5-6,8,12H,4,7,9-10H2,1-3H3. The van der Waals surface area contributed by atoms with Crippen molar-refractivity contribution < 1.29 is 0 Å². The van der Waals surface area contributed by atoms with E-state index >= 15 is 0 Å². The molecule has 0 amide bonds. The van der Waals surface area contributed by atoms with Gasteiger partial charge in [-0.05, 0) is 39.8 Å². The molecule has 0 saturated carbocycles. The third-order valence-electron chi connectivity index (χ3n) is 1.48. The lowest BCUT2D eigenvalue weighted by molar-refractivity contribution is 0.678. The molecule has 0 bridgehead atoms. The molecule has 0 atom stereocenters. The highest BCUT2D eigenvalue weighted by atomic mass is 14.8. The van der Waals surface area contributed by atoms with E-state index in [2.05, 4.69) is 44.3 Å². The summed E-state index contributed by atoms with van der Waals surface area (Å²) in [5, 5.41) is 3.35. The fourth-order valence-electron chi connectivity index (χ4n) is 0.844. The van der Waals surface area contributed by atoms with E-state index in [-0.39, 0.29) is 0 Å². The minimum absolute atomic E-state index is 1.10. The minimum Gasteiger partial charge on any atom is -0.316 e. The SMILES string of the molecule is CCCNCCC=CC=C(C)C. The Bertz CT molecular complexity index is 141. The average molecular weight is 167 g/mol. The molecule has 12 heavy (non-hydrogen) atoms. The molecule has 0 aromatic heterocycles. The lowest BCUT2D eigenvalue weighted by atomic mass is 10.3. The summed E-state index contributed by atoms with van der Waals surface area (Å²) in [4.78, 5) is 0. The Labute approximate surface area is 76.6 Å². The van der Waals surface area contributed by atoms with Crippen LogP contribution in [-0.4, -0.2) is 13.1 Å². The highest BCUT2D eigenvalue weighted by molar-refractivity contribution is 5.08. The molecule has 0 unspecified atom stereocenters. The maximum absolute atomic E-state index is 3.35. The minimum atomic E-state index is 1.10. The van der Waals surface area contributed by atoms with E-state index in [1.165, 1.54) is 12.0 Å². The number of rotatable bonds is 6. The second kappa shape index (κ2) is 8.54. The third kappa shape index (κ3) is 9.44. The second-order valence-corrected chi connectivity index (χ2v) is 3.21. The first-order valence-corrected chi connectivity index (χ1v) is 4.78. The van der Waals surface area contributed by atoms with Crippen molar-refractivity contribution in [3.8, 4) is 0 Å². The maximum Gasteiger partial charge on any atom is -0.00142 e. The molecule has 0 fully saturated rings. The highest BCUT2D eigenvalue weighted by Gasteiger charge is 1.80. The van der Waals surface area contributed by atoms with E-state index in [0.29, 0.717) is 0 Å². The zero-order chi connectivity index (χ0) is 9.23. The molecule has 0 heterocycles. The Morgan fingerprint density at radius 3 is 2.58 bits per heavy atom. The molecule has 0 spiro atoms. The van der Waals surface area contributed by atoms with E-state index < -0.39 is 0 Å². The number of nitrogens with one attached hydrogen (secondary N) is 1. The van der Waals surface area contributed by atoms with Crippen molar-refractivity contribution in [2.45, 2.75) is 33.6 Å². The summed E-state index contributed by atoms with van der Waals surface area (Å²) in [7, 11) is 0. The van der Waals surface area contributed by atoms with Crippen molar-refractivity contribution in [2.75, 3.05) is 13.1 Å². The van der Waals surface area contributed by atoms with Crippen LogP contribution in [0.15, 0.2) is 23.8 Å². The van der Waals surface area contributed by atoms with Gasteiger partial charge < -0.3 is 5.32 Å². The van der Waals surface area contributed by atoms with Crippen LogP contribution < -0.4 is 5.32 Å². The van der Waals surface area contributed by atoms with Gasteiger partial charge in [0, 0.05) is 0 Å². The molecular formula is C11H21N. The Balaban J connectivity index is 3.19. The van der Waals surface area contributed by atoms with Gasteiger partial charge in [0.2, 0.25) is 0 Å². The summed E-state index contributed by atoms with van der Waals surface area (Å²) >= 11 is 0. The van der Waals surface area contributed by atoms with Crippen LogP contribution in [0.2, 0.25) is 0 Å². The van der Waals surface area contributed by atoms with Crippen molar-refractivity contribution in [1.29, 1.82) is 0 Å². The summed E-state index contributed by atoms with van der Waals surface area (Å²) in [6.07, 6.45) is 8.82. The van der Waals surface area contributed by atoms with Gasteiger partial charge in [-0.15, -0.1) is 0 Å². The zero-order valence-corrected chi connectivity index (χ0v) is 8.56. The van der Waals surface area contributed by atoms with E-state index in [9.17, 15) is 0 Å². The van der Waals surface area contributed by atoms with Gasteiger partial charge in [-0.25, -0.2) is 0 Å². The molecule has 0 saturated heterocycles. The molecule has 0 aliphatic rings. The predicted molar refractivity (Wildman–Crippen MR) is 56.3 cm³/mol. The fourth-order valence-corrected chi connectivity index (χ4v) is 0.844. The third-order valence-corrected chi connectivity index (χ3v) is 1.48. The lowest BCUT2D eigenvalue weighted by Crippen LogP contribution is -2.14. The van der Waals surface area contributed by atoms with Crippen molar-refractivity contribution in [3.05, 3.63) is 23.8 Å². The van der Waals surface area contributed by atoms with Crippen LogP contribution in [0.25, 0.3) is 0 Å². The molecule has 1 N–H and O–H groups in total. The summed E-state index contributed by atoms with van der Waals surface area (Å²) in [5.74, 6) is 0. The number of hydrogen-bond acceptors (Lipinski definition) is 1. The molecule has 0 aliphatic heterocycles. The van der Waals surface area contributed by atoms with E-state index in [1.807, 2.05) is 0 Å². The first-order valence-electron chi connectivity index (χ1n) is 4.78. The van der Waals surface area contributed by atoms with Gasteiger partial charge in [-0.1, -0.05) is 30.7 Å². The van der Waals surface area contributed by atoms with Crippen molar-refractivity contribution >= 4 is 0 Å². The number of allylic oxidation sites excluding steroid dienone is 3. The van der Waals surface area contributed by atoms with Crippen LogP contribution in [0, 0.1) is 0 Å². The molecule has 70 valence electrons. The molecule has 1 heteroatoms. The Kier molecular flexibility index (Phi) is 8.14. The van der Waals surface area contributed by atoms with Crippen LogP contribution in [0.1, 0.15) is 33.6 Å². The quantitative estimate of drug-likeness (QED) is 0.474. The summed E-state index contributed by atoms with van der Waals surface area (Å²) in [5.41, 5.74) is 1.35. The summed E-state index contributed by atoms with van der Waals surface area (Å²) < 4.78 is 0. The first-order chi connectivity index (χ1) is 5.77. The molecule has 0 aromatic rings. The Hall–Kier alpha value is -0.560. The number of hydrogen-bond donors (Lipinski definition) is 1. The first kappa shape index (κ1) is 11.4. The lowest BCUT2D eigenvalue weighted by Gasteiger charge is -1.97. The second-order valence-electron chi connectivity index (χ2n) is 3.21. The van der Waals surface area contributed by atoms with E-state index in [0.717, 1.165) is 19.5 Å².